The van der Waals surface area contributed by atoms with Crippen molar-refractivity contribution < 1.29 is 14.0 Å². The lowest BCUT2D eigenvalue weighted by atomic mass is 9.93. The number of hydrazone groups is 1. The Bertz CT molecular complexity index is 1170. The summed E-state index contributed by atoms with van der Waals surface area (Å²) >= 11 is 11.8. The van der Waals surface area contributed by atoms with Gasteiger partial charge < -0.3 is 9.73 Å². The van der Waals surface area contributed by atoms with Gasteiger partial charge in [0, 0.05) is 38.8 Å². The summed E-state index contributed by atoms with van der Waals surface area (Å²) in [6.45, 7) is 1.82. The van der Waals surface area contributed by atoms with Crippen LogP contribution in [0.1, 0.15) is 50.6 Å². The van der Waals surface area contributed by atoms with E-state index in [4.69, 9.17) is 27.6 Å². The summed E-state index contributed by atoms with van der Waals surface area (Å²) in [7, 11) is 0. The normalized spacial score (nSPS) is 14.2. The molecule has 1 aliphatic carbocycles. The van der Waals surface area contributed by atoms with E-state index in [1.807, 2.05) is 6.92 Å². The second-order valence-electron chi connectivity index (χ2n) is 7.18. The van der Waals surface area contributed by atoms with Crippen LogP contribution in [0.15, 0.2) is 58.0 Å². The number of nitrogens with zero attached hydrogens (tertiary/aromatic N) is 1. The number of anilines is 1. The predicted octanol–water partition coefficient (Wildman–Crippen LogP) is 5.62. The summed E-state index contributed by atoms with van der Waals surface area (Å²) in [5, 5.41) is 8.28. The number of hydrogen-bond acceptors (Lipinski definition) is 4. The predicted molar refractivity (Wildman–Crippen MR) is 121 cm³/mol. The fraction of sp³-hybridized carbons (Fsp3) is 0.174. The number of hydrogen-bond donors (Lipinski definition) is 2. The van der Waals surface area contributed by atoms with Gasteiger partial charge in [0.25, 0.3) is 11.8 Å². The first kappa shape index (κ1) is 21.2. The zero-order chi connectivity index (χ0) is 22.0. The molecule has 0 atom stereocenters. The fourth-order valence-corrected chi connectivity index (χ4v) is 3.75. The maximum absolute atomic E-state index is 12.8. The van der Waals surface area contributed by atoms with Gasteiger partial charge >= 0.3 is 0 Å². The van der Waals surface area contributed by atoms with Crippen LogP contribution in [-0.4, -0.2) is 17.5 Å². The van der Waals surface area contributed by atoms with Crippen LogP contribution in [-0.2, 0) is 6.42 Å². The van der Waals surface area contributed by atoms with Crippen LogP contribution >= 0.6 is 23.2 Å². The minimum absolute atomic E-state index is 0.235. The third kappa shape index (κ3) is 4.65. The first-order valence-electron chi connectivity index (χ1n) is 9.74. The molecular formula is C23H19Cl2N3O3. The van der Waals surface area contributed by atoms with Crippen molar-refractivity contribution in [3.8, 4) is 0 Å². The number of nitrogens with one attached hydrogen (secondary N) is 2. The van der Waals surface area contributed by atoms with Gasteiger partial charge in [-0.15, -0.1) is 0 Å². The van der Waals surface area contributed by atoms with Crippen molar-refractivity contribution in [2.24, 2.45) is 5.10 Å². The van der Waals surface area contributed by atoms with Crippen LogP contribution in [0.3, 0.4) is 0 Å². The molecule has 0 bridgehead atoms. The third-order valence-electron chi connectivity index (χ3n) is 5.03. The maximum atomic E-state index is 12.8. The first-order chi connectivity index (χ1) is 14.9. The number of carbonyl (C=O) groups excluding carboxylic acids is 2. The van der Waals surface area contributed by atoms with Gasteiger partial charge in [0.2, 0.25) is 0 Å². The monoisotopic (exact) mass is 455 g/mol. The molecular weight excluding hydrogens is 437 g/mol. The highest BCUT2D eigenvalue weighted by atomic mass is 35.5. The van der Waals surface area contributed by atoms with Crippen LogP contribution in [0.5, 0.6) is 0 Å². The standard InChI is InChI=1S/C23H19Cl2N3O3/c1-13-20-18(27-28-22(29)14-5-7-15(24)8-6-14)3-2-4-19(20)31-21(13)23(30)26-17-11-9-16(25)10-12-17/h5-12H,2-4H2,1H3,(H,26,30)(H,28,29)/b27-18+. The molecule has 2 amide bonds. The molecule has 8 heteroatoms. The Morgan fingerprint density at radius 1 is 0.935 bits per heavy atom. The van der Waals surface area contributed by atoms with E-state index in [9.17, 15) is 9.59 Å². The second-order valence-corrected chi connectivity index (χ2v) is 8.05. The Morgan fingerprint density at radius 3 is 2.26 bits per heavy atom. The molecule has 4 rings (SSSR count). The van der Waals surface area contributed by atoms with Crippen molar-refractivity contribution in [2.45, 2.75) is 26.2 Å². The van der Waals surface area contributed by atoms with E-state index in [2.05, 4.69) is 15.8 Å². The zero-order valence-electron chi connectivity index (χ0n) is 16.7. The van der Waals surface area contributed by atoms with Crippen molar-refractivity contribution in [3.63, 3.8) is 0 Å². The molecule has 3 aromatic rings. The van der Waals surface area contributed by atoms with Gasteiger partial charge in [-0.3, -0.25) is 9.59 Å². The number of fused-ring (bicyclic) bond motifs is 1. The van der Waals surface area contributed by atoms with Crippen LogP contribution < -0.4 is 10.7 Å². The molecule has 0 spiro atoms. The van der Waals surface area contributed by atoms with Crippen LogP contribution in [0.4, 0.5) is 5.69 Å². The summed E-state index contributed by atoms with van der Waals surface area (Å²) in [6, 6.07) is 13.4. The average molecular weight is 456 g/mol. The summed E-state index contributed by atoms with van der Waals surface area (Å²) in [5.74, 6) is 0.250. The molecule has 1 aromatic heterocycles. The molecule has 1 heterocycles. The smallest absolute Gasteiger partial charge is 0.291 e. The minimum atomic E-state index is -0.348. The zero-order valence-corrected chi connectivity index (χ0v) is 18.2. The molecule has 2 aromatic carbocycles. The molecule has 0 fully saturated rings. The van der Waals surface area contributed by atoms with Crippen LogP contribution in [0.2, 0.25) is 10.0 Å². The number of halogens is 2. The Morgan fingerprint density at radius 2 is 1.58 bits per heavy atom. The Balaban J connectivity index is 1.55. The third-order valence-corrected chi connectivity index (χ3v) is 5.54. The lowest BCUT2D eigenvalue weighted by Gasteiger charge is -2.13. The van der Waals surface area contributed by atoms with E-state index in [0.717, 1.165) is 12.0 Å². The molecule has 0 radical (unpaired) electrons. The Hall–Kier alpha value is -3.09. The van der Waals surface area contributed by atoms with E-state index in [1.54, 1.807) is 48.5 Å². The van der Waals surface area contributed by atoms with Crippen molar-refractivity contribution in [2.75, 3.05) is 5.32 Å². The van der Waals surface area contributed by atoms with E-state index in [0.29, 0.717) is 51.2 Å². The molecule has 158 valence electrons. The van der Waals surface area contributed by atoms with Gasteiger partial charge in [-0.2, -0.15) is 5.10 Å². The van der Waals surface area contributed by atoms with Gasteiger partial charge in [0.15, 0.2) is 5.76 Å². The lowest BCUT2D eigenvalue weighted by molar-refractivity contribution is 0.0953. The van der Waals surface area contributed by atoms with Gasteiger partial charge in [-0.05, 0) is 68.3 Å². The van der Waals surface area contributed by atoms with Crippen molar-refractivity contribution in [3.05, 3.63) is 86.8 Å². The summed E-state index contributed by atoms with van der Waals surface area (Å²) in [6.07, 6.45) is 2.19. The van der Waals surface area contributed by atoms with E-state index < -0.39 is 0 Å². The number of furan rings is 1. The number of amides is 2. The summed E-state index contributed by atoms with van der Waals surface area (Å²) in [4.78, 5) is 25.1. The second kappa shape index (κ2) is 8.96. The lowest BCUT2D eigenvalue weighted by Crippen LogP contribution is -2.22. The highest BCUT2D eigenvalue weighted by molar-refractivity contribution is 6.31. The SMILES string of the molecule is Cc1c(C(=O)Nc2ccc(Cl)cc2)oc2c1/C(=N/NC(=O)c1ccc(Cl)cc1)CCC2. The van der Waals surface area contributed by atoms with Gasteiger partial charge in [-0.1, -0.05) is 23.2 Å². The Labute approximate surface area is 189 Å². The average Bonchev–Trinajstić information content (AvgIpc) is 3.11. The summed E-state index contributed by atoms with van der Waals surface area (Å²) < 4.78 is 5.88. The maximum Gasteiger partial charge on any atom is 0.291 e. The first-order valence-corrected chi connectivity index (χ1v) is 10.5. The topological polar surface area (TPSA) is 83.7 Å². The number of aryl methyl sites for hydroxylation is 1. The minimum Gasteiger partial charge on any atom is -0.455 e. The number of rotatable bonds is 4. The molecule has 0 saturated heterocycles. The molecule has 31 heavy (non-hydrogen) atoms. The molecule has 0 saturated carbocycles. The fourth-order valence-electron chi connectivity index (χ4n) is 3.50. The number of carbonyl (C=O) groups is 2. The molecule has 0 unspecified atom stereocenters. The van der Waals surface area contributed by atoms with Gasteiger partial charge in [0.05, 0.1) is 5.71 Å². The molecule has 2 N–H and O–H groups in total. The molecule has 1 aliphatic rings. The van der Waals surface area contributed by atoms with E-state index >= 15 is 0 Å². The molecule has 0 aliphatic heterocycles. The number of benzene rings is 2. The molecule has 6 nitrogen and oxygen atoms in total. The highest BCUT2D eigenvalue weighted by Crippen LogP contribution is 2.30. The van der Waals surface area contributed by atoms with Crippen LogP contribution in [0, 0.1) is 6.92 Å². The largest absolute Gasteiger partial charge is 0.455 e. The van der Waals surface area contributed by atoms with E-state index in [-0.39, 0.29) is 17.6 Å². The highest BCUT2D eigenvalue weighted by Gasteiger charge is 2.28. The van der Waals surface area contributed by atoms with Crippen molar-refractivity contribution >= 4 is 46.4 Å². The van der Waals surface area contributed by atoms with Gasteiger partial charge in [0.1, 0.15) is 5.76 Å². The Kier molecular flexibility index (Phi) is 6.11. The van der Waals surface area contributed by atoms with Gasteiger partial charge in [-0.25, -0.2) is 5.43 Å². The van der Waals surface area contributed by atoms with E-state index in [1.165, 1.54) is 0 Å². The quantitative estimate of drug-likeness (QED) is 0.500. The summed E-state index contributed by atoms with van der Waals surface area (Å²) in [5.41, 5.74) is 5.83. The van der Waals surface area contributed by atoms with Crippen LogP contribution in [0.25, 0.3) is 0 Å². The van der Waals surface area contributed by atoms with Crippen molar-refractivity contribution in [1.29, 1.82) is 0 Å². The van der Waals surface area contributed by atoms with Crippen molar-refractivity contribution in [1.82, 2.24) is 5.43 Å².